The summed E-state index contributed by atoms with van der Waals surface area (Å²) in [6.45, 7) is 0.582. The fourth-order valence-corrected chi connectivity index (χ4v) is 2.19. The van der Waals surface area contributed by atoms with Crippen molar-refractivity contribution >= 4 is 28.8 Å². The number of carbonyl (C=O) groups is 1. The van der Waals surface area contributed by atoms with E-state index in [-0.39, 0.29) is 5.91 Å². The highest BCUT2D eigenvalue weighted by Crippen LogP contribution is 2.10. The average Bonchev–Trinajstić information content (AvgIpc) is 2.82. The molecule has 0 saturated carbocycles. The van der Waals surface area contributed by atoms with E-state index < -0.39 is 0 Å². The Labute approximate surface area is 108 Å². The Hall–Kier alpha value is -1.39. The van der Waals surface area contributed by atoms with Gasteiger partial charge in [0.05, 0.1) is 0 Å². The number of thiazole rings is 1. The van der Waals surface area contributed by atoms with Crippen LogP contribution in [-0.4, -0.2) is 17.4 Å². The third-order valence-electron chi connectivity index (χ3n) is 2.21. The SMILES string of the molecule is O=C(NCCc1cccc(Cl)c1)c1nccs1. The van der Waals surface area contributed by atoms with Crippen LogP contribution in [0.25, 0.3) is 0 Å². The Bertz CT molecular complexity index is 499. The van der Waals surface area contributed by atoms with Crippen LogP contribution in [0, 0.1) is 0 Å². The zero-order valence-electron chi connectivity index (χ0n) is 9.02. The fraction of sp³-hybridized carbons (Fsp3) is 0.167. The molecule has 0 unspecified atom stereocenters. The smallest absolute Gasteiger partial charge is 0.280 e. The van der Waals surface area contributed by atoms with Crippen LogP contribution in [0.5, 0.6) is 0 Å². The summed E-state index contributed by atoms with van der Waals surface area (Å²) in [5, 5.41) is 5.82. The summed E-state index contributed by atoms with van der Waals surface area (Å²) in [5.74, 6) is -0.123. The van der Waals surface area contributed by atoms with E-state index in [1.165, 1.54) is 11.3 Å². The van der Waals surface area contributed by atoms with Crippen molar-refractivity contribution in [3.8, 4) is 0 Å². The van der Waals surface area contributed by atoms with Crippen molar-refractivity contribution < 1.29 is 4.79 Å². The Kier molecular flexibility index (Phi) is 4.12. The minimum atomic E-state index is -0.123. The van der Waals surface area contributed by atoms with Gasteiger partial charge in [0.2, 0.25) is 0 Å². The van der Waals surface area contributed by atoms with Crippen LogP contribution in [0.4, 0.5) is 0 Å². The molecule has 1 aromatic heterocycles. The van der Waals surface area contributed by atoms with Crippen LogP contribution < -0.4 is 5.32 Å². The summed E-state index contributed by atoms with van der Waals surface area (Å²) in [4.78, 5) is 15.5. The molecule has 0 saturated heterocycles. The first-order valence-corrected chi connectivity index (χ1v) is 6.43. The predicted octanol–water partition coefficient (Wildman–Crippen LogP) is 2.77. The number of hydrogen-bond donors (Lipinski definition) is 1. The fourth-order valence-electron chi connectivity index (χ4n) is 1.42. The lowest BCUT2D eigenvalue weighted by Crippen LogP contribution is -2.25. The molecule has 0 atom stereocenters. The van der Waals surface area contributed by atoms with E-state index in [4.69, 9.17) is 11.6 Å². The third-order valence-corrected chi connectivity index (χ3v) is 3.22. The molecule has 3 nitrogen and oxygen atoms in total. The molecule has 17 heavy (non-hydrogen) atoms. The highest BCUT2D eigenvalue weighted by atomic mass is 35.5. The second kappa shape index (κ2) is 5.80. The van der Waals surface area contributed by atoms with E-state index in [1.54, 1.807) is 11.6 Å². The van der Waals surface area contributed by atoms with Gasteiger partial charge >= 0.3 is 0 Å². The summed E-state index contributed by atoms with van der Waals surface area (Å²) in [6, 6.07) is 7.62. The van der Waals surface area contributed by atoms with Gasteiger partial charge in [0.25, 0.3) is 5.91 Å². The molecule has 2 rings (SSSR count). The number of hydrogen-bond acceptors (Lipinski definition) is 3. The highest BCUT2D eigenvalue weighted by Gasteiger charge is 2.06. The highest BCUT2D eigenvalue weighted by molar-refractivity contribution is 7.11. The van der Waals surface area contributed by atoms with Gasteiger partial charge in [0.15, 0.2) is 5.01 Å². The van der Waals surface area contributed by atoms with Crippen molar-refractivity contribution in [1.29, 1.82) is 0 Å². The molecular formula is C12H11ClN2OS. The van der Waals surface area contributed by atoms with Gasteiger partial charge in [-0.05, 0) is 24.1 Å². The predicted molar refractivity (Wildman–Crippen MR) is 69.6 cm³/mol. The zero-order chi connectivity index (χ0) is 12.1. The first-order chi connectivity index (χ1) is 8.25. The van der Waals surface area contributed by atoms with Crippen LogP contribution >= 0.6 is 22.9 Å². The van der Waals surface area contributed by atoms with Gasteiger partial charge in [-0.15, -0.1) is 11.3 Å². The Morgan fingerprint density at radius 1 is 1.47 bits per heavy atom. The van der Waals surface area contributed by atoms with E-state index in [1.807, 2.05) is 24.3 Å². The molecule has 0 spiro atoms. The molecule has 5 heteroatoms. The molecule has 0 aliphatic rings. The number of halogens is 1. The van der Waals surface area contributed by atoms with E-state index in [2.05, 4.69) is 10.3 Å². The number of nitrogens with zero attached hydrogens (tertiary/aromatic N) is 1. The topological polar surface area (TPSA) is 42.0 Å². The molecule has 2 aromatic rings. The second-order valence-corrected chi connectivity index (χ2v) is 4.80. The summed E-state index contributed by atoms with van der Waals surface area (Å²) in [7, 11) is 0. The Morgan fingerprint density at radius 2 is 2.35 bits per heavy atom. The van der Waals surface area contributed by atoms with Gasteiger partial charge in [0.1, 0.15) is 0 Å². The van der Waals surface area contributed by atoms with E-state index in [9.17, 15) is 4.79 Å². The largest absolute Gasteiger partial charge is 0.350 e. The molecular weight excluding hydrogens is 256 g/mol. The normalized spacial score (nSPS) is 10.2. The average molecular weight is 267 g/mol. The summed E-state index contributed by atoms with van der Waals surface area (Å²) >= 11 is 7.21. The minimum Gasteiger partial charge on any atom is -0.350 e. The quantitative estimate of drug-likeness (QED) is 0.925. The molecule has 1 heterocycles. The standard InChI is InChI=1S/C12H11ClN2OS/c13-10-3-1-2-9(8-10)4-5-14-11(16)12-15-6-7-17-12/h1-3,6-8H,4-5H2,(H,14,16). The molecule has 0 bridgehead atoms. The van der Waals surface area contributed by atoms with Crippen molar-refractivity contribution in [3.05, 3.63) is 51.4 Å². The molecule has 1 N–H and O–H groups in total. The monoisotopic (exact) mass is 266 g/mol. The van der Waals surface area contributed by atoms with Gasteiger partial charge in [-0.1, -0.05) is 23.7 Å². The van der Waals surface area contributed by atoms with Crippen molar-refractivity contribution in [1.82, 2.24) is 10.3 Å². The van der Waals surface area contributed by atoms with Crippen molar-refractivity contribution in [2.45, 2.75) is 6.42 Å². The maximum absolute atomic E-state index is 11.6. The first kappa shape index (κ1) is 12.1. The molecule has 0 aliphatic carbocycles. The first-order valence-electron chi connectivity index (χ1n) is 5.18. The van der Waals surface area contributed by atoms with Crippen molar-refractivity contribution in [2.24, 2.45) is 0 Å². The second-order valence-electron chi connectivity index (χ2n) is 3.47. The van der Waals surface area contributed by atoms with Crippen molar-refractivity contribution in [3.63, 3.8) is 0 Å². The Balaban J connectivity index is 1.82. The molecule has 0 radical (unpaired) electrons. The third kappa shape index (κ3) is 3.54. The van der Waals surface area contributed by atoms with Crippen LogP contribution in [0.2, 0.25) is 5.02 Å². The molecule has 0 fully saturated rings. The van der Waals surface area contributed by atoms with Crippen molar-refractivity contribution in [2.75, 3.05) is 6.54 Å². The molecule has 1 amide bonds. The van der Waals surface area contributed by atoms with Crippen LogP contribution in [0.1, 0.15) is 15.4 Å². The number of rotatable bonds is 4. The summed E-state index contributed by atoms with van der Waals surface area (Å²) in [5.41, 5.74) is 1.11. The molecule has 0 aliphatic heterocycles. The van der Waals surface area contributed by atoms with Gasteiger partial charge in [-0.2, -0.15) is 0 Å². The molecule has 88 valence electrons. The molecule has 1 aromatic carbocycles. The summed E-state index contributed by atoms with van der Waals surface area (Å²) < 4.78 is 0. The van der Waals surface area contributed by atoms with Gasteiger partial charge in [-0.25, -0.2) is 4.98 Å². The lowest BCUT2D eigenvalue weighted by molar-refractivity contribution is 0.0954. The zero-order valence-corrected chi connectivity index (χ0v) is 10.6. The van der Waals surface area contributed by atoms with Gasteiger partial charge < -0.3 is 5.32 Å². The maximum Gasteiger partial charge on any atom is 0.280 e. The van der Waals surface area contributed by atoms with E-state index in [0.717, 1.165) is 12.0 Å². The van der Waals surface area contributed by atoms with Crippen LogP contribution in [0.3, 0.4) is 0 Å². The maximum atomic E-state index is 11.6. The Morgan fingerprint density at radius 3 is 3.06 bits per heavy atom. The lowest BCUT2D eigenvalue weighted by atomic mass is 10.1. The van der Waals surface area contributed by atoms with Gasteiger partial charge in [0, 0.05) is 23.1 Å². The van der Waals surface area contributed by atoms with E-state index >= 15 is 0 Å². The van der Waals surface area contributed by atoms with Crippen LogP contribution in [0.15, 0.2) is 35.8 Å². The van der Waals surface area contributed by atoms with Crippen LogP contribution in [-0.2, 0) is 6.42 Å². The van der Waals surface area contributed by atoms with Gasteiger partial charge in [-0.3, -0.25) is 4.79 Å². The number of benzene rings is 1. The number of aromatic nitrogens is 1. The minimum absolute atomic E-state index is 0.123. The number of amides is 1. The van der Waals surface area contributed by atoms with E-state index in [0.29, 0.717) is 16.6 Å². The summed E-state index contributed by atoms with van der Waals surface area (Å²) in [6.07, 6.45) is 2.38. The number of nitrogens with one attached hydrogen (secondary N) is 1. The number of carbonyl (C=O) groups excluding carboxylic acids is 1. The lowest BCUT2D eigenvalue weighted by Gasteiger charge is -2.03.